The molecule has 0 aromatic rings. The van der Waals surface area contributed by atoms with Crippen LogP contribution in [0.4, 0.5) is 0 Å². The molecule has 84 valence electrons. The lowest BCUT2D eigenvalue weighted by Crippen LogP contribution is -2.60. The van der Waals surface area contributed by atoms with Crippen LogP contribution in [0, 0.1) is 0 Å². The molecule has 0 aromatic carbocycles. The van der Waals surface area contributed by atoms with Gasteiger partial charge in [-0.2, -0.15) is 0 Å². The molecular weight excluding hydrogens is 276 g/mol. The van der Waals surface area contributed by atoms with E-state index in [2.05, 4.69) is 9.80 Å². The van der Waals surface area contributed by atoms with Crippen molar-refractivity contribution >= 4 is 68.8 Å². The van der Waals surface area contributed by atoms with Gasteiger partial charge in [0.2, 0.25) is 0 Å². The molecule has 3 aliphatic heterocycles. The summed E-state index contributed by atoms with van der Waals surface area (Å²) in [5, 5.41) is 0. The second-order valence-electron chi connectivity index (χ2n) is 4.31. The average Bonchev–Trinajstić information content (AvgIpc) is 2.80. The zero-order chi connectivity index (χ0) is 11.4. The fourth-order valence-electron chi connectivity index (χ4n) is 2.71. The third-order valence-corrected chi connectivity index (χ3v) is 5.21. The van der Waals surface area contributed by atoms with Crippen molar-refractivity contribution in [3.8, 4) is 0 Å². The summed E-state index contributed by atoms with van der Waals surface area (Å²) >= 11 is 21.8. The highest BCUT2D eigenvalue weighted by Crippen LogP contribution is 2.35. The molecule has 0 N–H and O–H groups in total. The maximum absolute atomic E-state index is 5.54. The number of hydrogen-bond donors (Lipinski definition) is 0. The van der Waals surface area contributed by atoms with Gasteiger partial charge in [0.05, 0.1) is 22.1 Å². The third kappa shape index (κ3) is 1.33. The van der Waals surface area contributed by atoms with E-state index in [1.165, 1.54) is 0 Å². The molecule has 0 amide bonds. The monoisotopic (exact) mass is 286 g/mol. The van der Waals surface area contributed by atoms with E-state index < -0.39 is 0 Å². The van der Waals surface area contributed by atoms with E-state index in [1.807, 2.05) is 0 Å². The van der Waals surface area contributed by atoms with E-state index in [-0.39, 0.29) is 12.1 Å². The van der Waals surface area contributed by atoms with Crippen LogP contribution in [0.5, 0.6) is 0 Å². The zero-order valence-electron chi connectivity index (χ0n) is 8.51. The Morgan fingerprint density at radius 2 is 1.12 bits per heavy atom. The molecule has 2 atom stereocenters. The molecule has 6 heteroatoms. The van der Waals surface area contributed by atoms with Crippen molar-refractivity contribution in [1.82, 2.24) is 9.80 Å². The van der Waals surface area contributed by atoms with Crippen molar-refractivity contribution in [1.29, 1.82) is 0 Å². The summed E-state index contributed by atoms with van der Waals surface area (Å²) in [7, 11) is 0. The molecule has 0 aromatic heterocycles. The maximum atomic E-state index is 5.54. The Bertz CT molecular complexity index is 391. The van der Waals surface area contributed by atoms with Crippen LogP contribution in [0.25, 0.3) is 0 Å². The van der Waals surface area contributed by atoms with Gasteiger partial charge in [0.15, 0.2) is 0 Å². The summed E-state index contributed by atoms with van der Waals surface area (Å²) in [6.07, 6.45) is 3.83. The lowest BCUT2D eigenvalue weighted by Gasteiger charge is -2.42. The van der Waals surface area contributed by atoms with E-state index in [0.29, 0.717) is 0 Å². The standard InChI is InChI=1S/C10H10N2S4/c13-7-3-1-5-9(15)12-6(2-4-8(12)14)10(16)11(5)7/h5-6H,1-4H2. The van der Waals surface area contributed by atoms with E-state index in [9.17, 15) is 0 Å². The van der Waals surface area contributed by atoms with Gasteiger partial charge in [-0.15, -0.1) is 0 Å². The Morgan fingerprint density at radius 3 is 1.50 bits per heavy atom. The van der Waals surface area contributed by atoms with Gasteiger partial charge in [-0.3, -0.25) is 0 Å². The molecule has 2 unspecified atom stereocenters. The van der Waals surface area contributed by atoms with Crippen molar-refractivity contribution < 1.29 is 0 Å². The van der Waals surface area contributed by atoms with Crippen molar-refractivity contribution in [2.24, 2.45) is 0 Å². The van der Waals surface area contributed by atoms with Gasteiger partial charge < -0.3 is 9.80 Å². The van der Waals surface area contributed by atoms with E-state index >= 15 is 0 Å². The fourth-order valence-corrected chi connectivity index (χ4v) is 4.43. The highest BCUT2D eigenvalue weighted by Gasteiger charge is 2.48. The predicted octanol–water partition coefficient (Wildman–Crippen LogP) is 2.24. The Balaban J connectivity index is 2.03. The summed E-state index contributed by atoms with van der Waals surface area (Å²) < 4.78 is 0. The number of thiocarbonyl (C=S) groups is 4. The van der Waals surface area contributed by atoms with Gasteiger partial charge in [0.1, 0.15) is 9.98 Å². The lowest BCUT2D eigenvalue weighted by atomic mass is 10.1. The number of nitrogens with zero attached hydrogens (tertiary/aromatic N) is 2. The van der Waals surface area contributed by atoms with Crippen LogP contribution in [0.1, 0.15) is 25.7 Å². The first-order valence-corrected chi connectivity index (χ1v) is 6.96. The molecule has 3 saturated heterocycles. The van der Waals surface area contributed by atoms with Crippen LogP contribution < -0.4 is 0 Å². The Hall–Kier alpha value is -0.0400. The second-order valence-corrected chi connectivity index (χ2v) is 6.09. The normalized spacial score (nSPS) is 33.5. The summed E-state index contributed by atoms with van der Waals surface area (Å²) in [6, 6.07) is 0.393. The third-order valence-electron chi connectivity index (χ3n) is 3.47. The molecule has 3 heterocycles. The van der Waals surface area contributed by atoms with E-state index in [1.54, 1.807) is 0 Å². The van der Waals surface area contributed by atoms with Crippen molar-refractivity contribution in [3.63, 3.8) is 0 Å². The predicted molar refractivity (Wildman–Crippen MR) is 80.1 cm³/mol. The molecule has 3 fully saturated rings. The van der Waals surface area contributed by atoms with Gasteiger partial charge in [-0.05, 0) is 12.8 Å². The topological polar surface area (TPSA) is 6.48 Å². The summed E-state index contributed by atoms with van der Waals surface area (Å²) in [5.74, 6) is 0. The highest BCUT2D eigenvalue weighted by atomic mass is 32.1. The minimum atomic E-state index is 0.197. The minimum Gasteiger partial charge on any atom is -0.319 e. The van der Waals surface area contributed by atoms with Gasteiger partial charge in [-0.1, -0.05) is 48.9 Å². The van der Waals surface area contributed by atoms with Gasteiger partial charge >= 0.3 is 0 Å². The van der Waals surface area contributed by atoms with E-state index in [0.717, 1.165) is 45.6 Å². The second kappa shape index (κ2) is 3.73. The maximum Gasteiger partial charge on any atom is 0.107 e. The van der Waals surface area contributed by atoms with Crippen LogP contribution in [-0.4, -0.2) is 41.8 Å². The Morgan fingerprint density at radius 1 is 0.750 bits per heavy atom. The molecule has 0 spiro atoms. The molecule has 16 heavy (non-hydrogen) atoms. The Labute approximate surface area is 116 Å². The van der Waals surface area contributed by atoms with Crippen LogP contribution in [0.15, 0.2) is 0 Å². The first-order valence-electron chi connectivity index (χ1n) is 5.33. The largest absolute Gasteiger partial charge is 0.319 e. The quantitative estimate of drug-likeness (QED) is 0.626. The number of rotatable bonds is 0. The van der Waals surface area contributed by atoms with Gasteiger partial charge in [0, 0.05) is 12.8 Å². The fraction of sp³-hybridized carbons (Fsp3) is 0.600. The summed E-state index contributed by atoms with van der Waals surface area (Å²) in [6.45, 7) is 0. The number of hydrogen-bond acceptors (Lipinski definition) is 4. The molecular formula is C10H10N2S4. The first kappa shape index (κ1) is 11.1. The van der Waals surface area contributed by atoms with Crippen molar-refractivity contribution in [3.05, 3.63) is 0 Å². The average molecular weight is 286 g/mol. The van der Waals surface area contributed by atoms with E-state index in [4.69, 9.17) is 48.9 Å². The minimum absolute atomic E-state index is 0.197. The van der Waals surface area contributed by atoms with Crippen LogP contribution in [0.3, 0.4) is 0 Å². The smallest absolute Gasteiger partial charge is 0.107 e. The highest BCUT2D eigenvalue weighted by molar-refractivity contribution is 7.83. The van der Waals surface area contributed by atoms with Crippen LogP contribution in [-0.2, 0) is 0 Å². The number of fused-ring (bicyclic) bond motifs is 2. The molecule has 0 bridgehead atoms. The molecule has 3 aliphatic rings. The number of piperazine rings is 1. The molecule has 0 saturated carbocycles. The van der Waals surface area contributed by atoms with Gasteiger partial charge in [-0.25, -0.2) is 0 Å². The molecule has 3 rings (SSSR count). The van der Waals surface area contributed by atoms with Crippen LogP contribution >= 0.6 is 48.9 Å². The lowest BCUT2D eigenvalue weighted by molar-refractivity contribution is 0.437. The van der Waals surface area contributed by atoms with Crippen molar-refractivity contribution in [2.75, 3.05) is 0 Å². The Kier molecular flexibility index (Phi) is 2.58. The van der Waals surface area contributed by atoms with Gasteiger partial charge in [0.25, 0.3) is 0 Å². The molecule has 0 aliphatic carbocycles. The summed E-state index contributed by atoms with van der Waals surface area (Å²) in [4.78, 5) is 7.97. The zero-order valence-corrected chi connectivity index (χ0v) is 11.8. The molecule has 0 radical (unpaired) electrons. The summed E-state index contributed by atoms with van der Waals surface area (Å²) in [5.41, 5.74) is 0. The first-order chi connectivity index (χ1) is 7.61. The molecule has 2 nitrogen and oxygen atoms in total. The SMILES string of the molecule is S=C1CCC2C(=S)N3C(=S)CCC3C(=S)N12. The van der Waals surface area contributed by atoms with Crippen LogP contribution in [0.2, 0.25) is 0 Å². The van der Waals surface area contributed by atoms with Crippen molar-refractivity contribution in [2.45, 2.75) is 37.8 Å².